The first-order chi connectivity index (χ1) is 15.8. The number of nitrogens with zero attached hydrogens (tertiary/aromatic N) is 3. The normalized spacial score (nSPS) is 26.6. The van der Waals surface area contributed by atoms with E-state index in [9.17, 15) is 15.1 Å². The minimum Gasteiger partial charge on any atom is -0.463 e. The van der Waals surface area contributed by atoms with Gasteiger partial charge in [-0.3, -0.25) is 9.59 Å². The second-order valence-electron chi connectivity index (χ2n) is 7.51. The molecule has 1 heterocycles. The Morgan fingerprint density at radius 1 is 1.09 bits per heavy atom. The van der Waals surface area contributed by atoms with Gasteiger partial charge in [-0.1, -0.05) is 65.8 Å². The summed E-state index contributed by atoms with van der Waals surface area (Å²) in [6.45, 7) is 2.43. The summed E-state index contributed by atoms with van der Waals surface area (Å²) in [5.74, 6) is -1.14. The highest BCUT2D eigenvalue weighted by atomic mass is 32.1. The molecule has 0 spiro atoms. The van der Waals surface area contributed by atoms with E-state index in [-0.39, 0.29) is 13.2 Å². The zero-order valence-corrected chi connectivity index (χ0v) is 19.1. The molecular weight excluding hydrogens is 446 g/mol. The number of carbonyl (C=O) groups excluding carboxylic acids is 2. The molecule has 1 fully saturated rings. The Balaban J connectivity index is 2.05. The molecule has 1 aliphatic heterocycles. The Bertz CT molecular complexity index is 1000. The lowest BCUT2D eigenvalue weighted by atomic mass is 9.88. The number of ether oxygens (including phenoxy) is 4. The predicted octanol–water partition coefficient (Wildman–Crippen LogP) is 3.93. The fourth-order valence-corrected chi connectivity index (χ4v) is 4.23. The summed E-state index contributed by atoms with van der Waals surface area (Å²) in [7, 11) is 0. The van der Waals surface area contributed by atoms with Crippen molar-refractivity contribution in [1.29, 1.82) is 0 Å². The summed E-state index contributed by atoms with van der Waals surface area (Å²) < 4.78 is 23.2. The van der Waals surface area contributed by atoms with Crippen molar-refractivity contribution in [3.8, 4) is 0 Å². The summed E-state index contributed by atoms with van der Waals surface area (Å²) in [5.41, 5.74) is 10.8. The maximum atomic E-state index is 11.9. The van der Waals surface area contributed by atoms with E-state index in [0.29, 0.717) is 5.56 Å². The average Bonchev–Trinajstić information content (AvgIpc) is 2.80. The SMILES string of the molecule is CC(=O)OC[C@H]1O[C@@](S)(c2ccccc2)[C@H](OCc2ccccc2)[C@@H](N=[N+]=[N-])[C@@H]1OC(C)=O. The van der Waals surface area contributed by atoms with Crippen molar-refractivity contribution >= 4 is 24.6 Å². The molecular formula is C23H25N3O6S. The molecule has 0 aromatic heterocycles. The molecule has 2 aromatic rings. The van der Waals surface area contributed by atoms with Crippen LogP contribution in [-0.4, -0.2) is 42.9 Å². The monoisotopic (exact) mass is 471 g/mol. The third kappa shape index (κ3) is 6.06. The average molecular weight is 472 g/mol. The minimum atomic E-state index is -1.41. The van der Waals surface area contributed by atoms with Crippen LogP contribution in [0.25, 0.3) is 10.4 Å². The van der Waals surface area contributed by atoms with Gasteiger partial charge in [0.1, 0.15) is 31.0 Å². The Hall–Kier alpha value is -3.04. The molecule has 0 bridgehead atoms. The zero-order valence-electron chi connectivity index (χ0n) is 18.2. The van der Waals surface area contributed by atoms with Crippen molar-refractivity contribution < 1.29 is 28.5 Å². The molecule has 174 valence electrons. The Labute approximate surface area is 197 Å². The number of rotatable bonds is 8. The molecule has 0 saturated carbocycles. The molecule has 1 aliphatic rings. The fourth-order valence-electron chi connectivity index (χ4n) is 3.72. The number of esters is 2. The summed E-state index contributed by atoms with van der Waals surface area (Å²) in [4.78, 5) is 24.9. The van der Waals surface area contributed by atoms with Crippen molar-refractivity contribution in [3.63, 3.8) is 0 Å². The van der Waals surface area contributed by atoms with E-state index >= 15 is 0 Å². The highest BCUT2D eigenvalue weighted by molar-refractivity contribution is 7.81. The van der Waals surface area contributed by atoms with Gasteiger partial charge in [0.2, 0.25) is 0 Å². The van der Waals surface area contributed by atoms with E-state index in [1.54, 1.807) is 12.1 Å². The topological polar surface area (TPSA) is 120 Å². The fraction of sp³-hybridized carbons (Fsp3) is 0.391. The maximum absolute atomic E-state index is 11.9. The van der Waals surface area contributed by atoms with E-state index in [2.05, 4.69) is 10.0 Å². The first-order valence-electron chi connectivity index (χ1n) is 10.3. The molecule has 9 nitrogen and oxygen atoms in total. The maximum Gasteiger partial charge on any atom is 0.303 e. The molecule has 1 saturated heterocycles. The lowest BCUT2D eigenvalue weighted by Crippen LogP contribution is -2.62. The standard InChI is InChI=1S/C23H25N3O6S/c1-15(27)29-14-19-21(31-16(2)28)20(25-26-24)22(30-13-17-9-5-3-6-10-17)23(33,32-19)18-11-7-4-8-12-18/h3-12,19-22,33H,13-14H2,1-2H3/t19-,20+,21-,22-,23-/m1/s1. The summed E-state index contributed by atoms with van der Waals surface area (Å²) in [5, 5.41) is 3.92. The van der Waals surface area contributed by atoms with Gasteiger partial charge in [-0.15, -0.1) is 12.6 Å². The lowest BCUT2D eigenvalue weighted by Gasteiger charge is -2.49. The van der Waals surface area contributed by atoms with Gasteiger partial charge < -0.3 is 18.9 Å². The highest BCUT2D eigenvalue weighted by Gasteiger charge is 2.56. The lowest BCUT2D eigenvalue weighted by molar-refractivity contribution is -0.233. The first-order valence-corrected chi connectivity index (χ1v) is 10.8. The molecule has 3 rings (SSSR count). The van der Waals surface area contributed by atoms with Gasteiger partial charge in [0.15, 0.2) is 4.93 Å². The molecule has 2 aromatic carbocycles. The number of hydrogen-bond acceptors (Lipinski definition) is 8. The van der Waals surface area contributed by atoms with Crippen LogP contribution in [0, 0.1) is 0 Å². The van der Waals surface area contributed by atoms with Crippen molar-refractivity contribution in [2.45, 2.75) is 49.7 Å². The molecule has 0 aliphatic carbocycles. The third-order valence-corrected chi connectivity index (χ3v) is 5.75. The zero-order chi connectivity index (χ0) is 23.8. The number of thiol groups is 1. The Morgan fingerprint density at radius 3 is 2.30 bits per heavy atom. The summed E-state index contributed by atoms with van der Waals surface area (Å²) in [6, 6.07) is 17.5. The Morgan fingerprint density at radius 2 is 1.73 bits per heavy atom. The molecule has 0 unspecified atom stereocenters. The molecule has 0 amide bonds. The van der Waals surface area contributed by atoms with E-state index in [0.717, 1.165) is 5.56 Å². The van der Waals surface area contributed by atoms with E-state index < -0.39 is 41.2 Å². The molecule has 33 heavy (non-hydrogen) atoms. The number of azide groups is 1. The third-order valence-electron chi connectivity index (χ3n) is 5.13. The van der Waals surface area contributed by atoms with Crippen LogP contribution in [0.4, 0.5) is 0 Å². The van der Waals surface area contributed by atoms with Crippen LogP contribution in [0.1, 0.15) is 25.0 Å². The van der Waals surface area contributed by atoms with Crippen molar-refractivity contribution in [2.75, 3.05) is 6.61 Å². The minimum absolute atomic E-state index is 0.170. The van der Waals surface area contributed by atoms with E-state index in [4.69, 9.17) is 31.6 Å². The first kappa shape index (κ1) is 24.6. The number of benzene rings is 2. The quantitative estimate of drug-likeness (QED) is 0.205. The van der Waals surface area contributed by atoms with Crippen LogP contribution < -0.4 is 0 Å². The van der Waals surface area contributed by atoms with Crippen LogP contribution in [0.15, 0.2) is 65.8 Å². The van der Waals surface area contributed by atoms with Gasteiger partial charge in [-0.05, 0) is 16.7 Å². The number of hydrogen-bond donors (Lipinski definition) is 1. The second kappa shape index (κ2) is 11.2. The molecule has 0 N–H and O–H groups in total. The molecule has 10 heteroatoms. The van der Waals surface area contributed by atoms with Gasteiger partial charge in [-0.25, -0.2) is 0 Å². The largest absolute Gasteiger partial charge is 0.463 e. The van der Waals surface area contributed by atoms with Crippen molar-refractivity contribution in [1.82, 2.24) is 0 Å². The molecule has 5 atom stereocenters. The second-order valence-corrected chi connectivity index (χ2v) is 8.17. The van der Waals surface area contributed by atoms with Gasteiger partial charge in [0, 0.05) is 18.8 Å². The van der Waals surface area contributed by atoms with Gasteiger partial charge in [0.05, 0.1) is 6.61 Å². The molecule has 0 radical (unpaired) electrons. The predicted molar refractivity (Wildman–Crippen MR) is 122 cm³/mol. The van der Waals surface area contributed by atoms with E-state index in [1.807, 2.05) is 48.5 Å². The van der Waals surface area contributed by atoms with Crippen LogP contribution in [0.5, 0.6) is 0 Å². The highest BCUT2D eigenvalue weighted by Crippen LogP contribution is 2.45. The van der Waals surface area contributed by atoms with Gasteiger partial charge in [0.25, 0.3) is 0 Å². The van der Waals surface area contributed by atoms with Crippen LogP contribution in [0.2, 0.25) is 0 Å². The summed E-state index contributed by atoms with van der Waals surface area (Å²) in [6.07, 6.45) is -2.97. The van der Waals surface area contributed by atoms with Gasteiger partial charge in [-0.2, -0.15) is 0 Å². The van der Waals surface area contributed by atoms with Crippen LogP contribution >= 0.6 is 12.6 Å². The van der Waals surface area contributed by atoms with Crippen molar-refractivity contribution in [3.05, 3.63) is 82.2 Å². The number of carbonyl (C=O) groups is 2. The Kier molecular flexibility index (Phi) is 8.35. The van der Waals surface area contributed by atoms with Crippen LogP contribution in [0.3, 0.4) is 0 Å². The van der Waals surface area contributed by atoms with Crippen LogP contribution in [-0.2, 0) is 40.1 Å². The van der Waals surface area contributed by atoms with Gasteiger partial charge >= 0.3 is 11.9 Å². The smallest absolute Gasteiger partial charge is 0.303 e. The summed E-state index contributed by atoms with van der Waals surface area (Å²) >= 11 is 4.86. The van der Waals surface area contributed by atoms with Crippen molar-refractivity contribution in [2.24, 2.45) is 5.11 Å². The van der Waals surface area contributed by atoms with E-state index in [1.165, 1.54) is 13.8 Å².